The van der Waals surface area contributed by atoms with Crippen LogP contribution in [0.5, 0.6) is 0 Å². The number of hydrogen-bond donors (Lipinski definition) is 2. The van der Waals surface area contributed by atoms with Gasteiger partial charge in [0.1, 0.15) is 5.78 Å². The Balaban J connectivity index is 1.21. The molecule has 2 N–H and O–H groups in total. The van der Waals surface area contributed by atoms with Gasteiger partial charge in [-0.15, -0.1) is 0 Å². The van der Waals surface area contributed by atoms with Crippen molar-refractivity contribution >= 4 is 17.6 Å². The topological polar surface area (TPSA) is 79.8 Å². The number of nitrogens with one attached hydrogen (secondary N) is 2. The Morgan fingerprint density at radius 1 is 1.03 bits per heavy atom. The van der Waals surface area contributed by atoms with Crippen molar-refractivity contribution in [3.63, 3.8) is 0 Å². The fraction of sp³-hybridized carbons (Fsp3) is 0.897. The molecule has 1 aliphatic heterocycles. The molecule has 0 aromatic carbocycles. The van der Waals surface area contributed by atoms with Gasteiger partial charge in [0.25, 0.3) is 0 Å². The quantitative estimate of drug-likeness (QED) is 0.304. The summed E-state index contributed by atoms with van der Waals surface area (Å²) in [6.45, 7) is 13.1. The second kappa shape index (κ2) is 9.15. The maximum atomic E-state index is 12.4. The van der Waals surface area contributed by atoms with Crippen LogP contribution in [-0.2, 0) is 9.63 Å². The molecular weight excluding hydrogens is 438 g/mol. The lowest BCUT2D eigenvalue weighted by Gasteiger charge is -2.60. The first-order valence-electron chi connectivity index (χ1n) is 14.3. The number of oxime groups is 1. The van der Waals surface area contributed by atoms with Gasteiger partial charge in [-0.2, -0.15) is 0 Å². The lowest BCUT2D eigenvalue weighted by molar-refractivity contribution is -0.138. The lowest BCUT2D eigenvalue weighted by Crippen LogP contribution is -2.53. The van der Waals surface area contributed by atoms with E-state index in [-0.39, 0.29) is 16.9 Å². The van der Waals surface area contributed by atoms with E-state index >= 15 is 0 Å². The van der Waals surface area contributed by atoms with Crippen molar-refractivity contribution in [1.29, 1.82) is 0 Å². The monoisotopic (exact) mass is 485 g/mol. The van der Waals surface area contributed by atoms with Gasteiger partial charge in [-0.1, -0.05) is 32.9 Å². The molecule has 0 radical (unpaired) electrons. The number of carbonyl (C=O) groups excluding carboxylic acids is 2. The van der Waals surface area contributed by atoms with E-state index in [0.717, 1.165) is 62.1 Å². The van der Waals surface area contributed by atoms with Crippen LogP contribution in [0, 0.1) is 45.8 Å². The molecule has 1 saturated heterocycles. The molecule has 5 fully saturated rings. The van der Waals surface area contributed by atoms with Crippen molar-refractivity contribution < 1.29 is 14.4 Å². The van der Waals surface area contributed by atoms with Gasteiger partial charge in [0.05, 0.1) is 5.71 Å². The molecule has 0 spiro atoms. The second-order valence-corrected chi connectivity index (χ2v) is 13.8. The largest absolute Gasteiger partial charge is 0.433 e. The van der Waals surface area contributed by atoms with E-state index in [1.165, 1.54) is 32.1 Å². The van der Waals surface area contributed by atoms with Crippen molar-refractivity contribution in [2.24, 2.45) is 51.0 Å². The minimum absolute atomic E-state index is 0.183. The summed E-state index contributed by atoms with van der Waals surface area (Å²) >= 11 is 0. The third-order valence-corrected chi connectivity index (χ3v) is 11.8. The molecule has 196 valence electrons. The fourth-order valence-corrected chi connectivity index (χ4v) is 9.49. The maximum Gasteiger partial charge on any atom is 0.433 e. The number of ketones is 1. The van der Waals surface area contributed by atoms with Crippen LogP contribution in [0.15, 0.2) is 5.16 Å². The average molecular weight is 486 g/mol. The van der Waals surface area contributed by atoms with Crippen LogP contribution in [-0.4, -0.2) is 36.7 Å². The first kappa shape index (κ1) is 25.2. The molecule has 1 unspecified atom stereocenters. The number of rotatable bonds is 4. The van der Waals surface area contributed by atoms with Gasteiger partial charge in [-0.05, 0) is 105 Å². The minimum Gasteiger partial charge on any atom is -0.318 e. The molecule has 8 atom stereocenters. The molecule has 35 heavy (non-hydrogen) atoms. The fourth-order valence-electron chi connectivity index (χ4n) is 9.49. The smallest absolute Gasteiger partial charge is 0.318 e. The first-order valence-corrected chi connectivity index (χ1v) is 14.3. The summed E-state index contributed by atoms with van der Waals surface area (Å²) in [6.07, 6.45) is 10.8. The molecule has 6 heteroatoms. The highest BCUT2D eigenvalue weighted by Crippen LogP contribution is 2.67. The Kier molecular flexibility index (Phi) is 6.59. The van der Waals surface area contributed by atoms with Gasteiger partial charge in [-0.25, -0.2) is 4.79 Å². The Morgan fingerprint density at radius 2 is 1.80 bits per heavy atom. The highest BCUT2D eigenvalue weighted by atomic mass is 16.7. The van der Waals surface area contributed by atoms with E-state index < -0.39 is 6.09 Å². The normalized spacial score (nSPS) is 44.8. The summed E-state index contributed by atoms with van der Waals surface area (Å²) in [5.74, 6) is 3.73. The summed E-state index contributed by atoms with van der Waals surface area (Å²) in [6, 6.07) is 0.268. The number of hydrogen-bond acceptors (Lipinski definition) is 5. The van der Waals surface area contributed by atoms with E-state index in [0.29, 0.717) is 29.6 Å². The molecular formula is C29H47N3O3. The predicted octanol–water partition coefficient (Wildman–Crippen LogP) is 5.70. The SMILES string of the molecule is C/C(=N\OC(=O)NCC1NCCC1(C)C)[C@H]1CC[C@H]2[C@@H]3CC[C@@H]4CC(=O)CC[C@]4(C)[C@H]3CC[C@]12C. The van der Waals surface area contributed by atoms with Crippen molar-refractivity contribution in [2.75, 3.05) is 13.1 Å². The molecule has 4 aliphatic carbocycles. The third kappa shape index (κ3) is 4.36. The van der Waals surface area contributed by atoms with E-state index in [4.69, 9.17) is 4.84 Å². The Labute approximate surface area is 211 Å². The first-order chi connectivity index (χ1) is 16.5. The number of amides is 1. The molecule has 0 bridgehead atoms. The van der Waals surface area contributed by atoms with Crippen LogP contribution in [0.4, 0.5) is 4.79 Å². The lowest BCUT2D eigenvalue weighted by atomic mass is 9.44. The summed E-state index contributed by atoms with van der Waals surface area (Å²) in [5, 5.41) is 10.7. The third-order valence-electron chi connectivity index (χ3n) is 11.8. The molecule has 5 aliphatic rings. The van der Waals surface area contributed by atoms with Crippen LogP contribution in [0.25, 0.3) is 0 Å². The summed E-state index contributed by atoms with van der Waals surface area (Å²) in [7, 11) is 0. The number of carbonyl (C=O) groups is 2. The van der Waals surface area contributed by atoms with Crippen molar-refractivity contribution in [2.45, 2.75) is 105 Å². The van der Waals surface area contributed by atoms with Gasteiger partial charge >= 0.3 is 6.09 Å². The molecule has 0 aromatic rings. The van der Waals surface area contributed by atoms with Crippen LogP contribution >= 0.6 is 0 Å². The second-order valence-electron chi connectivity index (χ2n) is 13.8. The maximum absolute atomic E-state index is 12.4. The zero-order valence-corrected chi connectivity index (χ0v) is 22.6. The van der Waals surface area contributed by atoms with Crippen LogP contribution < -0.4 is 10.6 Å². The Bertz CT molecular complexity index is 884. The Hall–Kier alpha value is -1.43. The Morgan fingerprint density at radius 3 is 2.54 bits per heavy atom. The van der Waals surface area contributed by atoms with Crippen LogP contribution in [0.1, 0.15) is 98.8 Å². The number of fused-ring (bicyclic) bond motifs is 5. The zero-order chi connectivity index (χ0) is 25.0. The van der Waals surface area contributed by atoms with Gasteiger partial charge < -0.3 is 10.6 Å². The van der Waals surface area contributed by atoms with Crippen molar-refractivity contribution in [3.8, 4) is 0 Å². The molecule has 1 amide bonds. The van der Waals surface area contributed by atoms with Gasteiger partial charge in [-0.3, -0.25) is 9.63 Å². The molecule has 6 nitrogen and oxygen atoms in total. The van der Waals surface area contributed by atoms with Crippen LogP contribution in [0.3, 0.4) is 0 Å². The van der Waals surface area contributed by atoms with Gasteiger partial charge in [0.15, 0.2) is 0 Å². The average Bonchev–Trinajstić information content (AvgIpc) is 3.34. The number of nitrogens with zero attached hydrogens (tertiary/aromatic N) is 1. The molecule has 0 aromatic heterocycles. The predicted molar refractivity (Wildman–Crippen MR) is 138 cm³/mol. The molecule has 4 saturated carbocycles. The standard InChI is InChI=1S/C29H47N3O3/c1-18(32-35-26(34)31-17-25-27(2,3)14-15-30-25)22-8-9-23-21-7-6-19-16-20(33)10-12-28(19,4)24(21)11-13-29(22,23)5/h19,21-25,30H,6-17H2,1-5H3,(H,31,34)/b32-18+/t19-,21+,22-,23+,24+,25?,28+,29-/m1/s1. The van der Waals surface area contributed by atoms with Gasteiger partial charge in [0, 0.05) is 31.3 Å². The molecule has 1 heterocycles. The minimum atomic E-state index is -0.449. The van der Waals surface area contributed by atoms with E-state index in [1.54, 1.807) is 0 Å². The summed E-state index contributed by atoms with van der Waals surface area (Å²) < 4.78 is 0. The number of Topliss-reactive ketones (excluding diaryl/α,β-unsaturated/α-hetero) is 1. The van der Waals surface area contributed by atoms with E-state index in [2.05, 4.69) is 50.4 Å². The van der Waals surface area contributed by atoms with Crippen molar-refractivity contribution in [1.82, 2.24) is 10.6 Å². The summed E-state index contributed by atoms with van der Waals surface area (Å²) in [4.78, 5) is 29.9. The summed E-state index contributed by atoms with van der Waals surface area (Å²) in [5.41, 5.74) is 1.75. The highest BCUT2D eigenvalue weighted by Gasteiger charge is 2.60. The zero-order valence-electron chi connectivity index (χ0n) is 22.6. The molecule has 5 rings (SSSR count). The highest BCUT2D eigenvalue weighted by molar-refractivity contribution is 5.85. The van der Waals surface area contributed by atoms with Crippen molar-refractivity contribution in [3.05, 3.63) is 0 Å². The van der Waals surface area contributed by atoms with E-state index in [9.17, 15) is 9.59 Å². The van der Waals surface area contributed by atoms with Gasteiger partial charge in [0.2, 0.25) is 0 Å². The van der Waals surface area contributed by atoms with Crippen LogP contribution in [0.2, 0.25) is 0 Å². The van der Waals surface area contributed by atoms with E-state index in [1.807, 2.05) is 0 Å².